The number of hydrogen-bond acceptors (Lipinski definition) is 4. The van der Waals surface area contributed by atoms with E-state index in [1.807, 2.05) is 6.92 Å². The summed E-state index contributed by atoms with van der Waals surface area (Å²) in [4.78, 5) is 9.04. The van der Waals surface area contributed by atoms with E-state index in [2.05, 4.69) is 49.9 Å². The van der Waals surface area contributed by atoms with E-state index in [4.69, 9.17) is 5.73 Å². The molecule has 1 aromatic rings. The number of nitrogens with zero attached hydrogens (tertiary/aromatic N) is 2. The Morgan fingerprint density at radius 2 is 1.74 bits per heavy atom. The highest BCUT2D eigenvalue weighted by Gasteiger charge is 2.20. The second-order valence-electron chi connectivity index (χ2n) is 6.22. The highest BCUT2D eigenvalue weighted by molar-refractivity contribution is 5.55. The summed E-state index contributed by atoms with van der Waals surface area (Å²) in [5, 5.41) is 3.44. The number of nitrogens with one attached hydrogen (secondary N) is 1. The fourth-order valence-electron chi connectivity index (χ4n) is 1.86. The molecule has 4 heteroatoms. The van der Waals surface area contributed by atoms with Crippen LogP contribution in [0.25, 0.3) is 0 Å². The summed E-state index contributed by atoms with van der Waals surface area (Å²) in [6.07, 6.45) is 2.35. The zero-order chi connectivity index (χ0) is 14.6. The number of aromatic nitrogens is 2. The predicted molar refractivity (Wildman–Crippen MR) is 82.4 cm³/mol. The summed E-state index contributed by atoms with van der Waals surface area (Å²) >= 11 is 0. The van der Waals surface area contributed by atoms with Crippen LogP contribution in [-0.4, -0.2) is 16.5 Å². The normalized spacial score (nSPS) is 11.9. The molecule has 0 spiro atoms. The van der Waals surface area contributed by atoms with Crippen molar-refractivity contribution < 1.29 is 0 Å². The van der Waals surface area contributed by atoms with Crippen LogP contribution in [0.1, 0.15) is 58.8 Å². The van der Waals surface area contributed by atoms with Crippen LogP contribution in [0.2, 0.25) is 0 Å². The number of hydrogen-bond donors (Lipinski definition) is 2. The molecule has 108 valence electrons. The van der Waals surface area contributed by atoms with Crippen molar-refractivity contribution >= 4 is 11.6 Å². The average molecular weight is 264 g/mol. The molecule has 0 saturated heterocycles. The third-order valence-electron chi connectivity index (χ3n) is 3.57. The van der Waals surface area contributed by atoms with Crippen LogP contribution in [0.4, 0.5) is 11.6 Å². The van der Waals surface area contributed by atoms with Gasteiger partial charge >= 0.3 is 0 Å². The highest BCUT2D eigenvalue weighted by atomic mass is 15.1. The van der Waals surface area contributed by atoms with Gasteiger partial charge in [-0.15, -0.1) is 0 Å². The van der Waals surface area contributed by atoms with E-state index in [-0.39, 0.29) is 5.41 Å². The van der Waals surface area contributed by atoms with Gasteiger partial charge in [-0.1, -0.05) is 47.5 Å². The Morgan fingerprint density at radius 1 is 1.16 bits per heavy atom. The highest BCUT2D eigenvalue weighted by Crippen LogP contribution is 2.25. The molecule has 4 nitrogen and oxygen atoms in total. The van der Waals surface area contributed by atoms with Crippen LogP contribution in [-0.2, 0) is 5.41 Å². The SMILES string of the molecule is CCC(CC)CNc1nc(C(C)(C)C)nc(N)c1C. The first-order valence-electron chi connectivity index (χ1n) is 7.18. The summed E-state index contributed by atoms with van der Waals surface area (Å²) in [5.74, 6) is 2.92. The van der Waals surface area contributed by atoms with E-state index in [1.165, 1.54) is 12.8 Å². The molecule has 19 heavy (non-hydrogen) atoms. The Morgan fingerprint density at radius 3 is 2.21 bits per heavy atom. The molecular weight excluding hydrogens is 236 g/mol. The van der Waals surface area contributed by atoms with Crippen molar-refractivity contribution in [3.8, 4) is 0 Å². The van der Waals surface area contributed by atoms with Crippen molar-refractivity contribution in [3.63, 3.8) is 0 Å². The van der Waals surface area contributed by atoms with Gasteiger partial charge in [0.1, 0.15) is 17.5 Å². The van der Waals surface area contributed by atoms with Crippen molar-refractivity contribution in [1.29, 1.82) is 0 Å². The second-order valence-corrected chi connectivity index (χ2v) is 6.22. The lowest BCUT2D eigenvalue weighted by Gasteiger charge is -2.21. The lowest BCUT2D eigenvalue weighted by molar-refractivity contribution is 0.516. The molecule has 1 aromatic heterocycles. The molecule has 0 aromatic carbocycles. The van der Waals surface area contributed by atoms with Gasteiger partial charge < -0.3 is 11.1 Å². The third-order valence-corrected chi connectivity index (χ3v) is 3.57. The fraction of sp³-hybridized carbons (Fsp3) is 0.733. The minimum Gasteiger partial charge on any atom is -0.383 e. The van der Waals surface area contributed by atoms with Gasteiger partial charge in [-0.25, -0.2) is 9.97 Å². The summed E-state index contributed by atoms with van der Waals surface area (Å²) < 4.78 is 0. The lowest BCUT2D eigenvalue weighted by atomic mass is 9.95. The maximum absolute atomic E-state index is 6.00. The summed E-state index contributed by atoms with van der Waals surface area (Å²) in [5.41, 5.74) is 6.85. The van der Waals surface area contributed by atoms with Gasteiger partial charge in [0.05, 0.1) is 0 Å². The van der Waals surface area contributed by atoms with Crippen LogP contribution >= 0.6 is 0 Å². The Balaban J connectivity index is 2.97. The van der Waals surface area contributed by atoms with E-state index in [1.54, 1.807) is 0 Å². The zero-order valence-electron chi connectivity index (χ0n) is 13.2. The molecule has 0 radical (unpaired) electrons. The third kappa shape index (κ3) is 4.08. The van der Waals surface area contributed by atoms with Gasteiger partial charge in [0, 0.05) is 17.5 Å². The van der Waals surface area contributed by atoms with Gasteiger partial charge in [-0.05, 0) is 12.8 Å². The van der Waals surface area contributed by atoms with E-state index in [9.17, 15) is 0 Å². The van der Waals surface area contributed by atoms with Gasteiger partial charge in [-0.3, -0.25) is 0 Å². The average Bonchev–Trinajstić information content (AvgIpc) is 2.33. The molecule has 1 heterocycles. The molecule has 0 bridgehead atoms. The minimum absolute atomic E-state index is 0.0901. The quantitative estimate of drug-likeness (QED) is 0.854. The van der Waals surface area contributed by atoms with Crippen molar-refractivity contribution in [2.24, 2.45) is 5.92 Å². The molecular formula is C15H28N4. The van der Waals surface area contributed by atoms with Gasteiger partial charge in [0.2, 0.25) is 0 Å². The maximum Gasteiger partial charge on any atom is 0.138 e. The van der Waals surface area contributed by atoms with E-state index in [0.717, 1.165) is 23.8 Å². The van der Waals surface area contributed by atoms with Crippen molar-refractivity contribution in [3.05, 3.63) is 11.4 Å². The molecule has 0 unspecified atom stereocenters. The predicted octanol–water partition coefficient (Wildman–Crippen LogP) is 3.51. The largest absolute Gasteiger partial charge is 0.383 e. The van der Waals surface area contributed by atoms with Crippen LogP contribution in [0.15, 0.2) is 0 Å². The van der Waals surface area contributed by atoms with Crippen molar-refractivity contribution in [2.75, 3.05) is 17.6 Å². The van der Waals surface area contributed by atoms with Crippen LogP contribution in [0.3, 0.4) is 0 Å². The number of rotatable bonds is 5. The standard InChI is InChI=1S/C15H28N4/c1-7-11(8-2)9-17-13-10(3)12(16)18-14(19-13)15(4,5)6/h11H,7-9H2,1-6H3,(H3,16,17,18,19). The van der Waals surface area contributed by atoms with Gasteiger partial charge in [0.15, 0.2) is 0 Å². The Kier molecular flexibility index (Phi) is 5.15. The molecule has 1 rings (SSSR count). The second kappa shape index (κ2) is 6.22. The topological polar surface area (TPSA) is 63.8 Å². The summed E-state index contributed by atoms with van der Waals surface area (Å²) in [7, 11) is 0. The fourth-order valence-corrected chi connectivity index (χ4v) is 1.86. The van der Waals surface area contributed by atoms with Crippen LogP contribution in [0, 0.1) is 12.8 Å². The van der Waals surface area contributed by atoms with E-state index < -0.39 is 0 Å². The van der Waals surface area contributed by atoms with Crippen LogP contribution < -0.4 is 11.1 Å². The number of anilines is 2. The Labute approximate surface area is 117 Å². The smallest absolute Gasteiger partial charge is 0.138 e. The van der Waals surface area contributed by atoms with Crippen molar-refractivity contribution in [1.82, 2.24) is 9.97 Å². The first kappa shape index (κ1) is 15.7. The molecule has 0 aliphatic carbocycles. The molecule has 0 fully saturated rings. The molecule has 0 atom stereocenters. The molecule has 0 saturated carbocycles. The summed E-state index contributed by atoms with van der Waals surface area (Å²) in [6.45, 7) is 13.6. The van der Waals surface area contributed by atoms with E-state index in [0.29, 0.717) is 11.7 Å². The molecule has 0 aliphatic rings. The molecule has 0 aliphatic heterocycles. The zero-order valence-corrected chi connectivity index (χ0v) is 13.2. The molecule has 3 N–H and O–H groups in total. The Hall–Kier alpha value is -1.32. The molecule has 0 amide bonds. The number of nitrogen functional groups attached to an aromatic ring is 1. The number of nitrogens with two attached hydrogens (primary N) is 1. The van der Waals surface area contributed by atoms with Gasteiger partial charge in [-0.2, -0.15) is 0 Å². The van der Waals surface area contributed by atoms with Crippen molar-refractivity contribution in [2.45, 2.75) is 59.8 Å². The first-order valence-corrected chi connectivity index (χ1v) is 7.18. The minimum atomic E-state index is -0.0901. The maximum atomic E-state index is 6.00. The van der Waals surface area contributed by atoms with E-state index >= 15 is 0 Å². The first-order chi connectivity index (χ1) is 8.79. The van der Waals surface area contributed by atoms with Crippen LogP contribution in [0.5, 0.6) is 0 Å². The monoisotopic (exact) mass is 264 g/mol. The van der Waals surface area contributed by atoms with Gasteiger partial charge in [0.25, 0.3) is 0 Å². The summed E-state index contributed by atoms with van der Waals surface area (Å²) in [6, 6.07) is 0. The lowest BCUT2D eigenvalue weighted by Crippen LogP contribution is -2.21. The Bertz CT molecular complexity index is 417.